The Balaban J connectivity index is 2.00. The van der Waals surface area contributed by atoms with E-state index in [0.717, 1.165) is 13.1 Å². The van der Waals surface area contributed by atoms with E-state index < -0.39 is 5.54 Å². The SMILES string of the molecule is CC(C)OC(=O)C(C)CNC(=O)C1(n2cccn2)CCNCC1. The second kappa shape index (κ2) is 7.59. The van der Waals surface area contributed by atoms with Crippen molar-refractivity contribution >= 4 is 11.9 Å². The number of aromatic nitrogens is 2. The van der Waals surface area contributed by atoms with Gasteiger partial charge in [-0.1, -0.05) is 6.92 Å². The molecule has 23 heavy (non-hydrogen) atoms. The van der Waals surface area contributed by atoms with Crippen molar-refractivity contribution in [2.45, 2.75) is 45.3 Å². The topological polar surface area (TPSA) is 85.2 Å². The van der Waals surface area contributed by atoms with Gasteiger partial charge in [-0.3, -0.25) is 14.3 Å². The Hall–Kier alpha value is -1.89. The zero-order valence-corrected chi connectivity index (χ0v) is 14.0. The van der Waals surface area contributed by atoms with Crippen LogP contribution in [0.25, 0.3) is 0 Å². The van der Waals surface area contributed by atoms with Crippen LogP contribution in [0, 0.1) is 5.92 Å². The Morgan fingerprint density at radius 1 is 1.35 bits per heavy atom. The lowest BCUT2D eigenvalue weighted by atomic mass is 9.87. The molecule has 1 aliphatic rings. The van der Waals surface area contributed by atoms with E-state index in [1.807, 2.05) is 26.1 Å². The molecular formula is C16H26N4O3. The molecule has 7 nitrogen and oxygen atoms in total. The van der Waals surface area contributed by atoms with Gasteiger partial charge in [0.25, 0.3) is 0 Å². The van der Waals surface area contributed by atoms with Crippen LogP contribution in [0.15, 0.2) is 18.5 Å². The normalized spacial score (nSPS) is 18.4. The summed E-state index contributed by atoms with van der Waals surface area (Å²) in [7, 11) is 0. The van der Waals surface area contributed by atoms with E-state index >= 15 is 0 Å². The molecule has 0 saturated carbocycles. The molecule has 0 aromatic carbocycles. The molecular weight excluding hydrogens is 296 g/mol. The second-order valence-electron chi connectivity index (χ2n) is 6.33. The maximum absolute atomic E-state index is 12.8. The molecule has 0 radical (unpaired) electrons. The molecule has 1 fully saturated rings. The third kappa shape index (κ3) is 4.10. The van der Waals surface area contributed by atoms with Gasteiger partial charge in [-0.05, 0) is 45.8 Å². The van der Waals surface area contributed by atoms with Crippen LogP contribution < -0.4 is 10.6 Å². The second-order valence-corrected chi connectivity index (χ2v) is 6.33. The van der Waals surface area contributed by atoms with E-state index in [1.54, 1.807) is 17.8 Å². The van der Waals surface area contributed by atoms with Crippen LogP contribution in [-0.4, -0.2) is 47.4 Å². The molecule has 128 valence electrons. The average molecular weight is 322 g/mol. The van der Waals surface area contributed by atoms with Crippen LogP contribution in [0.1, 0.15) is 33.6 Å². The van der Waals surface area contributed by atoms with Crippen molar-refractivity contribution in [3.63, 3.8) is 0 Å². The minimum Gasteiger partial charge on any atom is -0.463 e. The summed E-state index contributed by atoms with van der Waals surface area (Å²) in [5.74, 6) is -0.761. The number of hydrogen-bond acceptors (Lipinski definition) is 5. The number of hydrogen-bond donors (Lipinski definition) is 2. The van der Waals surface area contributed by atoms with E-state index in [0.29, 0.717) is 12.8 Å². The molecule has 0 aliphatic carbocycles. The highest BCUT2D eigenvalue weighted by molar-refractivity contribution is 5.85. The number of carbonyl (C=O) groups is 2. The van der Waals surface area contributed by atoms with E-state index in [2.05, 4.69) is 15.7 Å². The average Bonchev–Trinajstić information content (AvgIpc) is 3.07. The van der Waals surface area contributed by atoms with E-state index in [1.165, 1.54) is 0 Å². The maximum Gasteiger partial charge on any atom is 0.310 e. The fourth-order valence-corrected chi connectivity index (χ4v) is 2.76. The fraction of sp³-hybridized carbons (Fsp3) is 0.688. The number of piperidine rings is 1. The molecule has 1 saturated heterocycles. The van der Waals surface area contributed by atoms with Crippen LogP contribution in [0.5, 0.6) is 0 Å². The molecule has 1 atom stereocenters. The van der Waals surface area contributed by atoms with Gasteiger partial charge in [-0.25, -0.2) is 0 Å². The predicted molar refractivity (Wildman–Crippen MR) is 85.7 cm³/mol. The van der Waals surface area contributed by atoms with Crippen LogP contribution in [0.2, 0.25) is 0 Å². The summed E-state index contributed by atoms with van der Waals surface area (Å²) in [6.07, 6.45) is 4.69. The maximum atomic E-state index is 12.8. The van der Waals surface area contributed by atoms with Gasteiger partial charge in [0.15, 0.2) is 0 Å². The number of esters is 1. The van der Waals surface area contributed by atoms with Gasteiger partial charge in [0, 0.05) is 18.9 Å². The highest BCUT2D eigenvalue weighted by Gasteiger charge is 2.42. The lowest BCUT2D eigenvalue weighted by molar-refractivity contribution is -0.151. The molecule has 2 rings (SSSR count). The number of carbonyl (C=O) groups excluding carboxylic acids is 2. The van der Waals surface area contributed by atoms with Crippen LogP contribution >= 0.6 is 0 Å². The highest BCUT2D eigenvalue weighted by atomic mass is 16.5. The fourth-order valence-electron chi connectivity index (χ4n) is 2.76. The summed E-state index contributed by atoms with van der Waals surface area (Å²) >= 11 is 0. The molecule has 1 unspecified atom stereocenters. The first kappa shape index (κ1) is 17.5. The van der Waals surface area contributed by atoms with E-state index in [4.69, 9.17) is 4.74 Å². The molecule has 1 aliphatic heterocycles. The lowest BCUT2D eigenvalue weighted by Gasteiger charge is -2.36. The molecule has 7 heteroatoms. The molecule has 1 amide bonds. The first-order chi connectivity index (χ1) is 11.0. The van der Waals surface area contributed by atoms with Gasteiger partial charge in [0.1, 0.15) is 5.54 Å². The summed E-state index contributed by atoms with van der Waals surface area (Å²) in [5.41, 5.74) is -0.684. The van der Waals surface area contributed by atoms with E-state index in [9.17, 15) is 9.59 Å². The smallest absolute Gasteiger partial charge is 0.310 e. The Bertz CT molecular complexity index is 521. The van der Waals surface area contributed by atoms with Crippen molar-refractivity contribution in [1.82, 2.24) is 20.4 Å². The first-order valence-electron chi connectivity index (χ1n) is 8.15. The molecule has 2 N–H and O–H groups in total. The number of amides is 1. The molecule has 1 aromatic heterocycles. The van der Waals surface area contributed by atoms with Crippen molar-refractivity contribution in [3.05, 3.63) is 18.5 Å². The Morgan fingerprint density at radius 3 is 2.61 bits per heavy atom. The Morgan fingerprint density at radius 2 is 2.04 bits per heavy atom. The van der Waals surface area contributed by atoms with Crippen molar-refractivity contribution in [1.29, 1.82) is 0 Å². The molecule has 0 bridgehead atoms. The first-order valence-corrected chi connectivity index (χ1v) is 8.15. The molecule has 2 heterocycles. The molecule has 0 spiro atoms. The monoisotopic (exact) mass is 322 g/mol. The van der Waals surface area contributed by atoms with Gasteiger partial charge in [-0.15, -0.1) is 0 Å². The third-order valence-electron chi connectivity index (χ3n) is 4.12. The minimum absolute atomic E-state index is 0.0908. The summed E-state index contributed by atoms with van der Waals surface area (Å²) in [6, 6.07) is 1.82. The van der Waals surface area contributed by atoms with Crippen molar-refractivity contribution in [2.24, 2.45) is 5.92 Å². The van der Waals surface area contributed by atoms with E-state index in [-0.39, 0.29) is 30.4 Å². The zero-order chi connectivity index (χ0) is 16.9. The quantitative estimate of drug-likeness (QED) is 0.752. The predicted octanol–water partition coefficient (Wildman–Crippen LogP) is 0.666. The van der Waals surface area contributed by atoms with Crippen LogP contribution in [-0.2, 0) is 19.9 Å². The van der Waals surface area contributed by atoms with Crippen molar-refractivity contribution in [3.8, 4) is 0 Å². The van der Waals surface area contributed by atoms with Gasteiger partial charge in [-0.2, -0.15) is 5.10 Å². The summed E-state index contributed by atoms with van der Waals surface area (Å²) in [5, 5.41) is 10.4. The Labute approximate surface area is 136 Å². The third-order valence-corrected chi connectivity index (χ3v) is 4.12. The lowest BCUT2D eigenvalue weighted by Crippen LogP contribution is -2.55. The standard InChI is InChI=1S/C16H26N4O3/c1-12(2)23-14(21)13(3)11-18-15(22)16(5-8-17-9-6-16)20-10-4-7-19-20/h4,7,10,12-13,17H,5-6,8-9,11H2,1-3H3,(H,18,22). The van der Waals surface area contributed by atoms with Crippen molar-refractivity contribution in [2.75, 3.05) is 19.6 Å². The summed E-state index contributed by atoms with van der Waals surface area (Å²) in [4.78, 5) is 24.7. The van der Waals surface area contributed by atoms with Crippen LogP contribution in [0.3, 0.4) is 0 Å². The summed E-state index contributed by atoms with van der Waals surface area (Å²) < 4.78 is 6.91. The van der Waals surface area contributed by atoms with Gasteiger partial charge in [0.2, 0.25) is 5.91 Å². The number of nitrogens with zero attached hydrogens (tertiary/aromatic N) is 2. The molecule has 1 aromatic rings. The number of nitrogens with one attached hydrogen (secondary N) is 2. The van der Waals surface area contributed by atoms with Crippen molar-refractivity contribution < 1.29 is 14.3 Å². The summed E-state index contributed by atoms with van der Waals surface area (Å²) in [6.45, 7) is 7.17. The Kier molecular flexibility index (Phi) is 5.76. The van der Waals surface area contributed by atoms with Crippen LogP contribution in [0.4, 0.5) is 0 Å². The zero-order valence-electron chi connectivity index (χ0n) is 14.0. The van der Waals surface area contributed by atoms with Gasteiger partial charge >= 0.3 is 5.97 Å². The largest absolute Gasteiger partial charge is 0.463 e. The minimum atomic E-state index is -0.684. The number of ether oxygens (including phenoxy) is 1. The van der Waals surface area contributed by atoms with Gasteiger partial charge in [0.05, 0.1) is 12.0 Å². The number of rotatable bonds is 6. The van der Waals surface area contributed by atoms with Gasteiger partial charge < -0.3 is 15.4 Å². The highest BCUT2D eigenvalue weighted by Crippen LogP contribution is 2.27.